The van der Waals surface area contributed by atoms with Gasteiger partial charge in [0.1, 0.15) is 18.0 Å². The average Bonchev–Trinajstić information content (AvgIpc) is 2.64. The number of piperidine rings is 1. The van der Waals surface area contributed by atoms with Gasteiger partial charge in [0, 0.05) is 35.5 Å². The van der Waals surface area contributed by atoms with Crippen LogP contribution in [0.4, 0.5) is 17.3 Å². The summed E-state index contributed by atoms with van der Waals surface area (Å²) in [5.41, 5.74) is 1.05. The summed E-state index contributed by atoms with van der Waals surface area (Å²) in [4.78, 5) is 12.3. The van der Waals surface area contributed by atoms with E-state index in [0.717, 1.165) is 42.9 Å². The summed E-state index contributed by atoms with van der Waals surface area (Å²) in [5.74, 6) is 2.53. The third-order valence-electron chi connectivity index (χ3n) is 4.53. The first-order chi connectivity index (χ1) is 12.6. The molecular formula is C20H29N5S. The van der Waals surface area contributed by atoms with Crippen LogP contribution in [-0.2, 0) is 0 Å². The van der Waals surface area contributed by atoms with Gasteiger partial charge in [-0.1, -0.05) is 13.8 Å². The van der Waals surface area contributed by atoms with E-state index >= 15 is 0 Å². The number of aromatic nitrogens is 2. The van der Waals surface area contributed by atoms with Crippen molar-refractivity contribution in [2.75, 3.05) is 36.9 Å². The Bertz CT molecular complexity index is 683. The minimum absolute atomic E-state index is 0.591. The van der Waals surface area contributed by atoms with E-state index in [1.54, 1.807) is 6.33 Å². The lowest BCUT2D eigenvalue weighted by Crippen LogP contribution is -2.34. The number of rotatable bonds is 7. The number of hydrogen-bond acceptors (Lipinski definition) is 6. The van der Waals surface area contributed by atoms with Gasteiger partial charge in [-0.25, -0.2) is 9.97 Å². The van der Waals surface area contributed by atoms with Gasteiger partial charge >= 0.3 is 0 Å². The molecule has 0 bridgehead atoms. The molecule has 3 rings (SSSR count). The maximum atomic E-state index is 4.45. The molecule has 0 spiro atoms. The van der Waals surface area contributed by atoms with E-state index < -0.39 is 0 Å². The molecule has 0 atom stereocenters. The molecule has 0 radical (unpaired) electrons. The van der Waals surface area contributed by atoms with Crippen molar-refractivity contribution in [3.63, 3.8) is 0 Å². The lowest BCUT2D eigenvalue weighted by atomic mass is 9.98. The first kappa shape index (κ1) is 19.0. The van der Waals surface area contributed by atoms with Gasteiger partial charge in [0.2, 0.25) is 0 Å². The number of thioether (sulfide) groups is 1. The fourth-order valence-corrected chi connectivity index (χ4v) is 4.04. The van der Waals surface area contributed by atoms with Gasteiger partial charge in [0.05, 0.1) is 0 Å². The summed E-state index contributed by atoms with van der Waals surface area (Å²) < 4.78 is 0. The third-order valence-corrected chi connectivity index (χ3v) is 5.55. The zero-order chi connectivity index (χ0) is 18.4. The van der Waals surface area contributed by atoms with Crippen LogP contribution in [-0.4, -0.2) is 41.9 Å². The van der Waals surface area contributed by atoms with Crippen molar-refractivity contribution in [2.24, 2.45) is 5.92 Å². The van der Waals surface area contributed by atoms with Crippen molar-refractivity contribution < 1.29 is 0 Å². The number of anilines is 3. The third kappa shape index (κ3) is 5.61. The van der Waals surface area contributed by atoms with E-state index in [1.807, 2.05) is 17.8 Å². The first-order valence-corrected chi connectivity index (χ1v) is 10.3. The van der Waals surface area contributed by atoms with Gasteiger partial charge in [0.25, 0.3) is 0 Å². The van der Waals surface area contributed by atoms with Gasteiger partial charge in [-0.15, -0.1) is 11.8 Å². The first-order valence-electron chi connectivity index (χ1n) is 9.38. The standard InChI is InChI=1S/C20H29N5S/c1-15(2)26-18-6-4-17(5-7-18)24-19-12-20(23-14-22-19)25(3)13-16-8-10-21-11-9-16/h4-7,12,14-16,21H,8-11,13H2,1-3H3,(H,22,23,24). The van der Waals surface area contributed by atoms with Gasteiger partial charge < -0.3 is 15.5 Å². The molecule has 6 heteroatoms. The van der Waals surface area contributed by atoms with Gasteiger partial charge in [0.15, 0.2) is 0 Å². The molecule has 1 saturated heterocycles. The van der Waals surface area contributed by atoms with Crippen LogP contribution in [0.3, 0.4) is 0 Å². The Morgan fingerprint density at radius 2 is 1.92 bits per heavy atom. The molecule has 2 aromatic rings. The fourth-order valence-electron chi connectivity index (χ4n) is 3.21. The van der Waals surface area contributed by atoms with Gasteiger partial charge in [-0.05, 0) is 56.1 Å². The Kier molecular flexibility index (Phi) is 6.74. The number of benzene rings is 1. The Labute approximate surface area is 161 Å². The number of nitrogens with zero attached hydrogens (tertiary/aromatic N) is 3. The van der Waals surface area contributed by atoms with Gasteiger partial charge in [-0.2, -0.15) is 0 Å². The molecule has 26 heavy (non-hydrogen) atoms. The molecule has 1 fully saturated rings. The average molecular weight is 372 g/mol. The molecule has 2 heterocycles. The lowest BCUT2D eigenvalue weighted by molar-refractivity contribution is 0.377. The highest BCUT2D eigenvalue weighted by Crippen LogP contribution is 2.26. The quantitative estimate of drug-likeness (QED) is 0.713. The summed E-state index contributed by atoms with van der Waals surface area (Å²) in [6, 6.07) is 10.5. The Balaban J connectivity index is 1.61. The van der Waals surface area contributed by atoms with Crippen molar-refractivity contribution in [3.8, 4) is 0 Å². The molecule has 5 nitrogen and oxygen atoms in total. The molecule has 0 amide bonds. The predicted molar refractivity (Wildman–Crippen MR) is 112 cm³/mol. The summed E-state index contributed by atoms with van der Waals surface area (Å²) >= 11 is 1.87. The monoisotopic (exact) mass is 371 g/mol. The van der Waals surface area contributed by atoms with Crippen LogP contribution in [0.15, 0.2) is 41.6 Å². The van der Waals surface area contributed by atoms with Crippen LogP contribution >= 0.6 is 11.8 Å². The van der Waals surface area contributed by atoms with Crippen LogP contribution in [0.25, 0.3) is 0 Å². The number of hydrogen-bond donors (Lipinski definition) is 2. The van der Waals surface area contributed by atoms with Crippen molar-refractivity contribution >= 4 is 29.1 Å². The van der Waals surface area contributed by atoms with Crippen molar-refractivity contribution in [3.05, 3.63) is 36.7 Å². The van der Waals surface area contributed by atoms with E-state index in [4.69, 9.17) is 0 Å². The highest BCUT2D eigenvalue weighted by molar-refractivity contribution is 7.99. The van der Waals surface area contributed by atoms with E-state index in [0.29, 0.717) is 5.25 Å². The highest BCUT2D eigenvalue weighted by atomic mass is 32.2. The number of nitrogens with one attached hydrogen (secondary N) is 2. The van der Waals surface area contributed by atoms with Crippen molar-refractivity contribution in [1.29, 1.82) is 0 Å². The summed E-state index contributed by atoms with van der Waals surface area (Å²) in [7, 11) is 2.12. The Hall–Kier alpha value is -1.79. The predicted octanol–water partition coefficient (Wildman–Crippen LogP) is 4.16. The molecule has 1 aromatic heterocycles. The van der Waals surface area contributed by atoms with E-state index in [2.05, 4.69) is 70.7 Å². The second kappa shape index (κ2) is 9.24. The topological polar surface area (TPSA) is 53.1 Å². The Morgan fingerprint density at radius 1 is 1.19 bits per heavy atom. The molecular weight excluding hydrogens is 342 g/mol. The van der Waals surface area contributed by atoms with Crippen molar-refractivity contribution in [1.82, 2.24) is 15.3 Å². The molecule has 2 N–H and O–H groups in total. The molecule has 1 aliphatic heterocycles. The summed E-state index contributed by atoms with van der Waals surface area (Å²) in [6.07, 6.45) is 4.11. The fraction of sp³-hybridized carbons (Fsp3) is 0.500. The highest BCUT2D eigenvalue weighted by Gasteiger charge is 2.16. The minimum atomic E-state index is 0.591. The zero-order valence-corrected chi connectivity index (χ0v) is 16.7. The van der Waals surface area contributed by atoms with E-state index in [-0.39, 0.29) is 0 Å². The largest absolute Gasteiger partial charge is 0.359 e. The normalized spacial score (nSPS) is 15.2. The van der Waals surface area contributed by atoms with Crippen LogP contribution < -0.4 is 15.5 Å². The molecule has 0 unspecified atom stereocenters. The van der Waals surface area contributed by atoms with Crippen LogP contribution in [0, 0.1) is 5.92 Å². The molecule has 1 aromatic carbocycles. The van der Waals surface area contributed by atoms with Crippen LogP contribution in [0.5, 0.6) is 0 Å². The summed E-state index contributed by atoms with van der Waals surface area (Å²) in [6.45, 7) is 7.71. The maximum absolute atomic E-state index is 4.45. The maximum Gasteiger partial charge on any atom is 0.135 e. The smallest absolute Gasteiger partial charge is 0.135 e. The van der Waals surface area contributed by atoms with E-state index in [1.165, 1.54) is 17.7 Å². The Morgan fingerprint density at radius 3 is 2.62 bits per heavy atom. The second-order valence-corrected chi connectivity index (χ2v) is 8.80. The summed E-state index contributed by atoms with van der Waals surface area (Å²) in [5, 5.41) is 7.40. The van der Waals surface area contributed by atoms with Crippen LogP contribution in [0.2, 0.25) is 0 Å². The second-order valence-electron chi connectivity index (χ2n) is 7.15. The van der Waals surface area contributed by atoms with Gasteiger partial charge in [-0.3, -0.25) is 0 Å². The lowest BCUT2D eigenvalue weighted by Gasteiger charge is -2.28. The zero-order valence-electron chi connectivity index (χ0n) is 15.9. The van der Waals surface area contributed by atoms with E-state index in [9.17, 15) is 0 Å². The molecule has 1 aliphatic rings. The molecule has 0 aliphatic carbocycles. The van der Waals surface area contributed by atoms with Crippen LogP contribution in [0.1, 0.15) is 26.7 Å². The van der Waals surface area contributed by atoms with Crippen molar-refractivity contribution in [2.45, 2.75) is 36.8 Å². The molecule has 0 saturated carbocycles. The minimum Gasteiger partial charge on any atom is -0.359 e. The SMILES string of the molecule is CC(C)Sc1ccc(Nc2cc(N(C)CC3CCNCC3)ncn2)cc1. The molecule has 140 valence electrons.